The molecule has 0 spiro atoms. The van der Waals surface area contributed by atoms with E-state index in [1.165, 1.54) is 12.1 Å². The van der Waals surface area contributed by atoms with Crippen LogP contribution in [0.2, 0.25) is 10.0 Å². The molecule has 1 aromatic rings. The van der Waals surface area contributed by atoms with Gasteiger partial charge in [0.2, 0.25) is 0 Å². The van der Waals surface area contributed by atoms with Crippen molar-refractivity contribution in [3.05, 3.63) is 27.7 Å². The number of aliphatic hydroxyl groups excluding tert-OH is 1. The number of hydrogen-bond acceptors (Lipinski definition) is 3. The highest BCUT2D eigenvalue weighted by atomic mass is 35.5. The van der Waals surface area contributed by atoms with Gasteiger partial charge in [-0.05, 0) is 31.4 Å². The molecule has 4 nitrogen and oxygen atoms in total. The molecule has 1 fully saturated rings. The van der Waals surface area contributed by atoms with E-state index < -0.39 is 0 Å². The molecule has 1 unspecified atom stereocenters. The highest BCUT2D eigenvalue weighted by molar-refractivity contribution is 6.44. The van der Waals surface area contributed by atoms with Crippen molar-refractivity contribution >= 4 is 34.8 Å². The summed E-state index contributed by atoms with van der Waals surface area (Å²) in [4.78, 5) is 14.2. The number of carbonyl (C=O) groups is 1. The Morgan fingerprint density at radius 1 is 1.42 bits per heavy atom. The van der Waals surface area contributed by atoms with Gasteiger partial charge in [-0.3, -0.25) is 4.79 Å². The number of nitrogens with zero attached hydrogens (tertiary/aromatic N) is 1. The third-order valence-electron chi connectivity index (χ3n) is 3.38. The van der Waals surface area contributed by atoms with E-state index in [9.17, 15) is 9.90 Å². The number of hydrogen-bond donors (Lipinski definition) is 2. The first-order valence-electron chi connectivity index (χ1n) is 6.21. The number of carbonyl (C=O) groups excluding carboxylic acids is 1. The molecule has 104 valence electrons. The summed E-state index contributed by atoms with van der Waals surface area (Å²) in [6, 6.07) is 2.89. The van der Waals surface area contributed by atoms with Crippen molar-refractivity contribution < 1.29 is 9.90 Å². The van der Waals surface area contributed by atoms with Crippen LogP contribution in [0.15, 0.2) is 12.1 Å². The van der Waals surface area contributed by atoms with Crippen molar-refractivity contribution in [2.75, 3.05) is 18.9 Å². The van der Waals surface area contributed by atoms with Crippen molar-refractivity contribution in [3.63, 3.8) is 0 Å². The number of halogens is 2. The third-order valence-corrected chi connectivity index (χ3v) is 4.18. The number of amides is 1. The summed E-state index contributed by atoms with van der Waals surface area (Å²) >= 11 is 12.0. The van der Waals surface area contributed by atoms with Crippen molar-refractivity contribution in [2.24, 2.45) is 0 Å². The molecule has 0 bridgehead atoms. The normalized spacial score (nSPS) is 19.5. The second kappa shape index (κ2) is 5.99. The fourth-order valence-electron chi connectivity index (χ4n) is 2.38. The third kappa shape index (κ3) is 2.96. The Bertz CT molecular complexity index is 494. The van der Waals surface area contributed by atoms with Gasteiger partial charge in [-0.25, -0.2) is 0 Å². The van der Waals surface area contributed by atoms with Gasteiger partial charge < -0.3 is 15.7 Å². The minimum Gasteiger partial charge on any atom is -0.399 e. The van der Waals surface area contributed by atoms with Gasteiger partial charge in [-0.15, -0.1) is 0 Å². The topological polar surface area (TPSA) is 66.6 Å². The molecule has 1 heterocycles. The van der Waals surface area contributed by atoms with Crippen LogP contribution in [-0.4, -0.2) is 35.1 Å². The molecule has 1 amide bonds. The Balaban J connectivity index is 2.33. The van der Waals surface area contributed by atoms with Crippen molar-refractivity contribution in [1.29, 1.82) is 0 Å². The quantitative estimate of drug-likeness (QED) is 0.825. The smallest absolute Gasteiger partial charge is 0.255 e. The van der Waals surface area contributed by atoms with Crippen LogP contribution in [0, 0.1) is 0 Å². The van der Waals surface area contributed by atoms with Crippen LogP contribution in [0.1, 0.15) is 29.6 Å². The lowest BCUT2D eigenvalue weighted by molar-refractivity contribution is 0.0503. The summed E-state index contributed by atoms with van der Waals surface area (Å²) in [5.41, 5.74) is 6.40. The summed E-state index contributed by atoms with van der Waals surface area (Å²) in [5.74, 6) is -0.224. The number of nitrogen functional groups attached to an aromatic ring is 1. The maximum Gasteiger partial charge on any atom is 0.255 e. The number of rotatable bonds is 2. The molecule has 0 aromatic heterocycles. The molecule has 3 N–H and O–H groups in total. The zero-order valence-corrected chi connectivity index (χ0v) is 11.9. The average molecular weight is 303 g/mol. The van der Waals surface area contributed by atoms with Crippen molar-refractivity contribution in [2.45, 2.75) is 25.3 Å². The van der Waals surface area contributed by atoms with Crippen molar-refractivity contribution in [3.8, 4) is 0 Å². The Labute approximate surface area is 122 Å². The zero-order valence-electron chi connectivity index (χ0n) is 10.4. The summed E-state index contributed by atoms with van der Waals surface area (Å²) in [6.07, 6.45) is 2.74. The van der Waals surface area contributed by atoms with Crippen LogP contribution >= 0.6 is 23.2 Å². The second-order valence-corrected chi connectivity index (χ2v) is 5.48. The van der Waals surface area contributed by atoms with Gasteiger partial charge in [0.1, 0.15) is 0 Å². The van der Waals surface area contributed by atoms with E-state index in [4.69, 9.17) is 28.9 Å². The van der Waals surface area contributed by atoms with Gasteiger partial charge in [0.25, 0.3) is 5.91 Å². The van der Waals surface area contributed by atoms with Crippen molar-refractivity contribution in [1.82, 2.24) is 4.90 Å². The molecule has 19 heavy (non-hydrogen) atoms. The van der Waals surface area contributed by atoms with E-state index in [-0.39, 0.29) is 28.6 Å². The molecular weight excluding hydrogens is 287 g/mol. The Kier molecular flexibility index (Phi) is 4.55. The van der Waals surface area contributed by atoms with Crippen LogP contribution in [0.3, 0.4) is 0 Å². The molecular formula is C13H16Cl2N2O2. The van der Waals surface area contributed by atoms with Crippen LogP contribution < -0.4 is 5.73 Å². The Morgan fingerprint density at radius 3 is 2.84 bits per heavy atom. The largest absolute Gasteiger partial charge is 0.399 e. The zero-order chi connectivity index (χ0) is 14.0. The monoisotopic (exact) mass is 302 g/mol. The Hall–Kier alpha value is -0.970. The van der Waals surface area contributed by atoms with E-state index in [1.807, 2.05) is 0 Å². The average Bonchev–Trinajstić information content (AvgIpc) is 2.42. The first-order chi connectivity index (χ1) is 9.04. The molecule has 0 saturated carbocycles. The molecule has 1 aliphatic heterocycles. The lowest BCUT2D eigenvalue weighted by Crippen LogP contribution is -2.45. The van der Waals surface area contributed by atoms with Crippen LogP contribution in [0.25, 0.3) is 0 Å². The fraction of sp³-hybridized carbons (Fsp3) is 0.462. The molecule has 2 rings (SSSR count). The van der Waals surface area contributed by atoms with Gasteiger partial charge in [0.05, 0.1) is 28.3 Å². The lowest BCUT2D eigenvalue weighted by Gasteiger charge is -2.35. The summed E-state index contributed by atoms with van der Waals surface area (Å²) in [7, 11) is 0. The molecule has 0 radical (unpaired) electrons. The van der Waals surface area contributed by atoms with E-state index in [0.29, 0.717) is 17.8 Å². The minimum absolute atomic E-state index is 0.0423. The van der Waals surface area contributed by atoms with Crippen LogP contribution in [0.4, 0.5) is 5.69 Å². The predicted molar refractivity (Wildman–Crippen MR) is 76.6 cm³/mol. The van der Waals surface area contributed by atoms with E-state index >= 15 is 0 Å². The molecule has 1 saturated heterocycles. The number of piperidine rings is 1. The maximum absolute atomic E-state index is 12.5. The standard InChI is InChI=1S/C13H16Cl2N2O2/c14-11-6-8(16)5-10(12(11)15)13(19)17-4-2-1-3-9(17)7-18/h5-6,9,18H,1-4,7,16H2. The number of anilines is 1. The van der Waals surface area contributed by atoms with Crippen LogP contribution in [-0.2, 0) is 0 Å². The number of aliphatic hydroxyl groups is 1. The SMILES string of the molecule is Nc1cc(Cl)c(Cl)c(C(=O)N2CCCCC2CO)c1. The van der Waals surface area contributed by atoms with Gasteiger partial charge >= 0.3 is 0 Å². The number of likely N-dealkylation sites (tertiary alicyclic amines) is 1. The van der Waals surface area contributed by atoms with E-state index in [1.54, 1.807) is 4.90 Å². The molecule has 1 atom stereocenters. The molecule has 1 aromatic carbocycles. The summed E-state index contributed by atoms with van der Waals surface area (Å²) < 4.78 is 0. The highest BCUT2D eigenvalue weighted by Gasteiger charge is 2.28. The van der Waals surface area contributed by atoms with Crippen LogP contribution in [0.5, 0.6) is 0 Å². The van der Waals surface area contributed by atoms with Gasteiger partial charge in [-0.2, -0.15) is 0 Å². The second-order valence-electron chi connectivity index (χ2n) is 4.69. The Morgan fingerprint density at radius 2 is 2.16 bits per heavy atom. The first kappa shape index (κ1) is 14.4. The van der Waals surface area contributed by atoms with Gasteiger partial charge in [0.15, 0.2) is 0 Å². The summed E-state index contributed by atoms with van der Waals surface area (Å²) in [5, 5.41) is 9.84. The van der Waals surface area contributed by atoms with Gasteiger partial charge in [-0.1, -0.05) is 23.2 Å². The fourth-order valence-corrected chi connectivity index (χ4v) is 2.80. The predicted octanol–water partition coefficient (Wildman–Crippen LogP) is 2.56. The van der Waals surface area contributed by atoms with Gasteiger partial charge in [0, 0.05) is 12.2 Å². The summed E-state index contributed by atoms with van der Waals surface area (Å²) in [6.45, 7) is 0.576. The maximum atomic E-state index is 12.5. The highest BCUT2D eigenvalue weighted by Crippen LogP contribution is 2.31. The first-order valence-corrected chi connectivity index (χ1v) is 6.96. The lowest BCUT2D eigenvalue weighted by atomic mass is 10.0. The van der Waals surface area contributed by atoms with E-state index in [0.717, 1.165) is 19.3 Å². The molecule has 1 aliphatic rings. The molecule has 6 heteroatoms. The molecule has 0 aliphatic carbocycles. The number of benzene rings is 1. The minimum atomic E-state index is -0.224. The van der Waals surface area contributed by atoms with E-state index in [2.05, 4.69) is 0 Å². The number of nitrogens with two attached hydrogens (primary N) is 1.